The van der Waals surface area contributed by atoms with Gasteiger partial charge >= 0.3 is 0 Å². The molecular formula is C18H15Cl2FN2O2. The van der Waals surface area contributed by atoms with Gasteiger partial charge in [-0.3, -0.25) is 9.59 Å². The second kappa shape index (κ2) is 7.42. The zero-order valence-corrected chi connectivity index (χ0v) is 14.6. The molecule has 1 saturated heterocycles. The summed E-state index contributed by atoms with van der Waals surface area (Å²) in [6.45, 7) is 0.388. The highest BCUT2D eigenvalue weighted by atomic mass is 35.5. The quantitative estimate of drug-likeness (QED) is 0.876. The number of nitrogens with zero attached hydrogens (tertiary/aromatic N) is 1. The molecule has 2 amide bonds. The van der Waals surface area contributed by atoms with Gasteiger partial charge in [0, 0.05) is 29.6 Å². The van der Waals surface area contributed by atoms with Crippen molar-refractivity contribution in [3.05, 3.63) is 63.9 Å². The highest BCUT2D eigenvalue weighted by Gasteiger charge is 2.36. The van der Waals surface area contributed by atoms with Crippen molar-refractivity contribution in [3.63, 3.8) is 0 Å². The van der Waals surface area contributed by atoms with Crippen molar-refractivity contribution >= 4 is 40.7 Å². The van der Waals surface area contributed by atoms with E-state index in [0.717, 1.165) is 5.56 Å². The van der Waals surface area contributed by atoms with Crippen LogP contribution in [-0.2, 0) is 16.1 Å². The molecule has 2 aromatic rings. The lowest BCUT2D eigenvalue weighted by Crippen LogP contribution is -2.32. The standard InChI is InChI=1S/C18H15Cl2FN2O2/c19-13-6-5-11(14(20)8-13)9-22-18(25)12-7-17(24)23(10-12)16-4-2-1-3-15(16)21/h1-6,8,12H,7,9-10H2,(H,22,25)/t12-/m1/s1. The molecule has 2 aromatic carbocycles. The third-order valence-corrected chi connectivity index (χ3v) is 4.69. The fourth-order valence-electron chi connectivity index (χ4n) is 2.78. The molecule has 1 N–H and O–H groups in total. The Morgan fingerprint density at radius 1 is 1.24 bits per heavy atom. The van der Waals surface area contributed by atoms with E-state index in [1.807, 2.05) is 0 Å². The van der Waals surface area contributed by atoms with Crippen molar-refractivity contribution < 1.29 is 14.0 Å². The van der Waals surface area contributed by atoms with Gasteiger partial charge in [0.2, 0.25) is 11.8 Å². The van der Waals surface area contributed by atoms with Crippen LogP contribution in [0.15, 0.2) is 42.5 Å². The van der Waals surface area contributed by atoms with Crippen molar-refractivity contribution in [3.8, 4) is 0 Å². The summed E-state index contributed by atoms with van der Waals surface area (Å²) in [7, 11) is 0. The molecule has 25 heavy (non-hydrogen) atoms. The molecule has 1 atom stereocenters. The van der Waals surface area contributed by atoms with Crippen molar-refractivity contribution in [2.45, 2.75) is 13.0 Å². The summed E-state index contributed by atoms with van der Waals surface area (Å²) in [5.74, 6) is -1.55. The molecule has 130 valence electrons. The van der Waals surface area contributed by atoms with Crippen LogP contribution in [-0.4, -0.2) is 18.4 Å². The largest absolute Gasteiger partial charge is 0.352 e. The molecule has 0 saturated carbocycles. The van der Waals surface area contributed by atoms with E-state index in [2.05, 4.69) is 5.32 Å². The van der Waals surface area contributed by atoms with Gasteiger partial charge < -0.3 is 10.2 Å². The fraction of sp³-hybridized carbons (Fsp3) is 0.222. The van der Waals surface area contributed by atoms with Gasteiger partial charge in [0.05, 0.1) is 11.6 Å². The molecule has 3 rings (SSSR count). The Morgan fingerprint density at radius 2 is 2.00 bits per heavy atom. The first-order valence-electron chi connectivity index (χ1n) is 7.72. The van der Waals surface area contributed by atoms with Crippen LogP contribution in [0.5, 0.6) is 0 Å². The van der Waals surface area contributed by atoms with Crippen molar-refractivity contribution in [2.24, 2.45) is 5.92 Å². The molecule has 0 bridgehead atoms. The maximum atomic E-state index is 13.9. The zero-order chi connectivity index (χ0) is 18.0. The van der Waals surface area contributed by atoms with Gasteiger partial charge in [0.25, 0.3) is 0 Å². The average Bonchev–Trinajstić information content (AvgIpc) is 2.96. The zero-order valence-electron chi connectivity index (χ0n) is 13.1. The van der Waals surface area contributed by atoms with Gasteiger partial charge in [-0.15, -0.1) is 0 Å². The third kappa shape index (κ3) is 3.94. The molecule has 0 unspecified atom stereocenters. The molecule has 1 fully saturated rings. The number of anilines is 1. The van der Waals surface area contributed by atoms with Crippen LogP contribution >= 0.6 is 23.2 Å². The first-order chi connectivity index (χ1) is 12.0. The van der Waals surface area contributed by atoms with E-state index in [1.165, 1.54) is 17.0 Å². The monoisotopic (exact) mass is 380 g/mol. The van der Waals surface area contributed by atoms with Crippen LogP contribution in [0.3, 0.4) is 0 Å². The molecule has 0 spiro atoms. The number of carbonyl (C=O) groups is 2. The second-order valence-corrected chi connectivity index (χ2v) is 6.65. The first kappa shape index (κ1) is 17.7. The van der Waals surface area contributed by atoms with E-state index in [1.54, 1.807) is 30.3 Å². The van der Waals surface area contributed by atoms with Crippen LogP contribution in [0.4, 0.5) is 10.1 Å². The minimum absolute atomic E-state index is 0.0501. The summed E-state index contributed by atoms with van der Waals surface area (Å²) in [5.41, 5.74) is 0.929. The number of carbonyl (C=O) groups excluding carboxylic acids is 2. The second-order valence-electron chi connectivity index (χ2n) is 5.81. The van der Waals surface area contributed by atoms with Crippen LogP contribution in [0, 0.1) is 11.7 Å². The molecule has 7 heteroatoms. The molecule has 1 aliphatic rings. The molecule has 0 radical (unpaired) electrons. The number of rotatable bonds is 4. The highest BCUT2D eigenvalue weighted by Crippen LogP contribution is 2.27. The van der Waals surface area contributed by atoms with Gasteiger partial charge in [-0.25, -0.2) is 4.39 Å². The van der Waals surface area contributed by atoms with Gasteiger partial charge in [-0.2, -0.15) is 0 Å². The number of nitrogens with one attached hydrogen (secondary N) is 1. The predicted octanol–water partition coefficient (Wildman–Crippen LogP) is 3.80. The summed E-state index contributed by atoms with van der Waals surface area (Å²) < 4.78 is 13.9. The maximum absolute atomic E-state index is 13.9. The Hall–Kier alpha value is -2.11. The lowest BCUT2D eigenvalue weighted by atomic mass is 10.1. The highest BCUT2D eigenvalue weighted by molar-refractivity contribution is 6.35. The smallest absolute Gasteiger partial charge is 0.227 e. The number of amides is 2. The van der Waals surface area contributed by atoms with E-state index < -0.39 is 11.7 Å². The minimum atomic E-state index is -0.529. The van der Waals surface area contributed by atoms with Gasteiger partial charge in [0.1, 0.15) is 5.82 Å². The fourth-order valence-corrected chi connectivity index (χ4v) is 3.25. The van der Waals surface area contributed by atoms with Crippen LogP contribution in [0.25, 0.3) is 0 Å². The van der Waals surface area contributed by atoms with Crippen molar-refractivity contribution in [1.82, 2.24) is 5.32 Å². The Morgan fingerprint density at radius 3 is 2.72 bits per heavy atom. The van der Waals surface area contributed by atoms with E-state index in [0.29, 0.717) is 10.0 Å². The molecule has 1 heterocycles. The normalized spacial score (nSPS) is 17.0. The first-order valence-corrected chi connectivity index (χ1v) is 8.48. The number of halogens is 3. The summed E-state index contributed by atoms with van der Waals surface area (Å²) in [6.07, 6.45) is 0.0501. The Bertz CT molecular complexity index is 828. The number of hydrogen-bond acceptors (Lipinski definition) is 2. The van der Waals surface area contributed by atoms with E-state index >= 15 is 0 Å². The summed E-state index contributed by atoms with van der Waals surface area (Å²) in [6, 6.07) is 11.1. The Labute approximate surface area is 154 Å². The van der Waals surface area contributed by atoms with E-state index in [4.69, 9.17) is 23.2 Å². The van der Waals surface area contributed by atoms with Crippen LogP contribution in [0.2, 0.25) is 10.0 Å². The van der Waals surface area contributed by atoms with Crippen LogP contribution in [0.1, 0.15) is 12.0 Å². The Balaban J connectivity index is 1.64. The van der Waals surface area contributed by atoms with Gasteiger partial charge in [0.15, 0.2) is 0 Å². The number of benzene rings is 2. The number of hydrogen-bond donors (Lipinski definition) is 1. The SMILES string of the molecule is O=C(NCc1ccc(Cl)cc1Cl)[C@@H]1CC(=O)N(c2ccccc2F)C1. The predicted molar refractivity (Wildman–Crippen MR) is 95.2 cm³/mol. The van der Waals surface area contributed by atoms with Crippen molar-refractivity contribution in [2.75, 3.05) is 11.4 Å². The maximum Gasteiger partial charge on any atom is 0.227 e. The van der Waals surface area contributed by atoms with Gasteiger partial charge in [-0.05, 0) is 29.8 Å². The van der Waals surface area contributed by atoms with Crippen molar-refractivity contribution in [1.29, 1.82) is 0 Å². The topological polar surface area (TPSA) is 49.4 Å². The lowest BCUT2D eigenvalue weighted by Gasteiger charge is -2.17. The average molecular weight is 381 g/mol. The molecule has 0 aliphatic carbocycles. The summed E-state index contributed by atoms with van der Waals surface area (Å²) in [5, 5.41) is 3.75. The lowest BCUT2D eigenvalue weighted by molar-refractivity contribution is -0.126. The van der Waals surface area contributed by atoms with Crippen LogP contribution < -0.4 is 10.2 Å². The molecular weight excluding hydrogens is 366 g/mol. The molecule has 1 aliphatic heterocycles. The minimum Gasteiger partial charge on any atom is -0.352 e. The molecule has 4 nitrogen and oxygen atoms in total. The van der Waals surface area contributed by atoms with Gasteiger partial charge in [-0.1, -0.05) is 41.4 Å². The summed E-state index contributed by atoms with van der Waals surface area (Å²) in [4.78, 5) is 25.8. The Kier molecular flexibility index (Phi) is 5.25. The molecule has 0 aromatic heterocycles. The third-order valence-electron chi connectivity index (χ3n) is 4.11. The van der Waals surface area contributed by atoms with E-state index in [-0.39, 0.29) is 37.0 Å². The number of para-hydroxylation sites is 1. The van der Waals surface area contributed by atoms with E-state index in [9.17, 15) is 14.0 Å². The summed E-state index contributed by atoms with van der Waals surface area (Å²) >= 11 is 11.9.